The van der Waals surface area contributed by atoms with Gasteiger partial charge in [-0.15, -0.1) is 0 Å². The number of carbonyl (C=O) groups is 2. The number of hydrogen-bond donors (Lipinski definition) is 1. The number of aryl methyl sites for hydroxylation is 1. The number of nitrogens with two attached hydrogens (primary N) is 1. The largest absolute Gasteiger partial charge is 0.462 e. The van der Waals surface area contributed by atoms with Crippen LogP contribution in [0.25, 0.3) is 6.08 Å². The Balaban J connectivity index is 1.89. The zero-order valence-corrected chi connectivity index (χ0v) is 12.2. The van der Waals surface area contributed by atoms with Gasteiger partial charge in [-0.2, -0.15) is 0 Å². The highest BCUT2D eigenvalue weighted by Crippen LogP contribution is 2.32. The second-order valence-corrected chi connectivity index (χ2v) is 5.24. The number of para-hydroxylation sites is 1. The van der Waals surface area contributed by atoms with E-state index in [2.05, 4.69) is 0 Å². The molecule has 3 rings (SSSR count). The molecule has 2 amide bonds. The number of rotatable bonds is 3. The van der Waals surface area contributed by atoms with Crippen LogP contribution in [-0.4, -0.2) is 17.9 Å². The van der Waals surface area contributed by atoms with Gasteiger partial charge in [0.1, 0.15) is 17.6 Å². The molecule has 1 aliphatic rings. The maximum absolute atomic E-state index is 12.5. The number of hydrogen-bond acceptors (Lipinski definition) is 3. The van der Waals surface area contributed by atoms with Gasteiger partial charge < -0.3 is 10.2 Å². The Kier molecular flexibility index (Phi) is 3.55. The lowest BCUT2D eigenvalue weighted by Gasteiger charge is -2.21. The number of benzene rings is 1. The van der Waals surface area contributed by atoms with Crippen LogP contribution in [0.5, 0.6) is 0 Å². The minimum atomic E-state index is -0.645. The summed E-state index contributed by atoms with van der Waals surface area (Å²) in [5.41, 5.74) is 7.12. The molecular weight excluding hydrogens is 280 g/mol. The van der Waals surface area contributed by atoms with Crippen molar-refractivity contribution in [2.24, 2.45) is 5.73 Å². The van der Waals surface area contributed by atoms with Crippen LogP contribution < -0.4 is 10.6 Å². The van der Waals surface area contributed by atoms with Gasteiger partial charge in [-0.3, -0.25) is 14.5 Å². The Morgan fingerprint density at radius 2 is 2.05 bits per heavy atom. The predicted molar refractivity (Wildman–Crippen MR) is 83.1 cm³/mol. The zero-order valence-electron chi connectivity index (χ0n) is 12.2. The molecule has 0 saturated carbocycles. The zero-order chi connectivity index (χ0) is 15.7. The molecule has 0 fully saturated rings. The summed E-state index contributed by atoms with van der Waals surface area (Å²) in [6.45, 7) is 1.83. The molecule has 5 nitrogen and oxygen atoms in total. The molecule has 1 aromatic carbocycles. The van der Waals surface area contributed by atoms with Crippen LogP contribution in [0.4, 0.5) is 5.69 Å². The van der Waals surface area contributed by atoms with Gasteiger partial charge in [0.25, 0.3) is 5.91 Å². The third kappa shape index (κ3) is 2.53. The Morgan fingerprint density at radius 3 is 2.73 bits per heavy atom. The number of amides is 2. The smallest absolute Gasteiger partial charge is 0.251 e. The molecule has 5 heteroatoms. The molecule has 2 aromatic rings. The van der Waals surface area contributed by atoms with E-state index in [1.807, 2.05) is 37.3 Å². The summed E-state index contributed by atoms with van der Waals surface area (Å²) in [5, 5.41) is 0. The average Bonchev–Trinajstić information content (AvgIpc) is 3.08. The van der Waals surface area contributed by atoms with Gasteiger partial charge in [-0.25, -0.2) is 0 Å². The van der Waals surface area contributed by atoms with Crippen LogP contribution in [0.3, 0.4) is 0 Å². The maximum atomic E-state index is 12.5. The molecule has 1 atom stereocenters. The van der Waals surface area contributed by atoms with E-state index < -0.39 is 11.9 Å². The average molecular weight is 296 g/mol. The first-order valence-corrected chi connectivity index (χ1v) is 7.01. The molecule has 0 unspecified atom stereocenters. The minimum absolute atomic E-state index is 0.289. The first-order chi connectivity index (χ1) is 10.6. The maximum Gasteiger partial charge on any atom is 0.251 e. The van der Waals surface area contributed by atoms with Crippen molar-refractivity contribution in [3.63, 3.8) is 0 Å². The van der Waals surface area contributed by atoms with E-state index >= 15 is 0 Å². The number of anilines is 1. The van der Waals surface area contributed by atoms with E-state index in [4.69, 9.17) is 10.2 Å². The fourth-order valence-corrected chi connectivity index (χ4v) is 2.66. The lowest BCUT2D eigenvalue weighted by molar-refractivity contribution is -0.122. The second-order valence-electron chi connectivity index (χ2n) is 5.24. The van der Waals surface area contributed by atoms with Crippen molar-refractivity contribution >= 4 is 23.6 Å². The normalized spacial score (nSPS) is 17.0. The summed E-state index contributed by atoms with van der Waals surface area (Å²) in [6, 6.07) is 10.4. The highest BCUT2D eigenvalue weighted by atomic mass is 16.3. The van der Waals surface area contributed by atoms with Gasteiger partial charge in [0.2, 0.25) is 5.91 Å². The fourth-order valence-electron chi connectivity index (χ4n) is 2.66. The fraction of sp³-hybridized carbons (Fsp3) is 0.176. The summed E-state index contributed by atoms with van der Waals surface area (Å²) >= 11 is 0. The van der Waals surface area contributed by atoms with Crippen molar-refractivity contribution in [3.05, 3.63) is 59.6 Å². The predicted octanol–water partition coefficient (Wildman–Crippen LogP) is 2.04. The van der Waals surface area contributed by atoms with Crippen molar-refractivity contribution in [2.45, 2.75) is 19.4 Å². The lowest BCUT2D eigenvalue weighted by Crippen LogP contribution is -2.45. The SMILES string of the molecule is Cc1ccc(/C=C/C(=O)N2c3ccccc3C[C@H]2C(N)=O)o1. The number of carbonyl (C=O) groups excluding carboxylic acids is 2. The molecular formula is C17H16N2O3. The summed E-state index contributed by atoms with van der Waals surface area (Å²) in [5.74, 6) is 0.567. The van der Waals surface area contributed by atoms with Gasteiger partial charge in [-0.1, -0.05) is 18.2 Å². The highest BCUT2D eigenvalue weighted by molar-refractivity contribution is 6.09. The summed E-state index contributed by atoms with van der Waals surface area (Å²) in [4.78, 5) is 25.6. The molecule has 0 saturated heterocycles. The van der Waals surface area contributed by atoms with Crippen molar-refractivity contribution < 1.29 is 14.0 Å². The van der Waals surface area contributed by atoms with Gasteiger partial charge in [0, 0.05) is 18.2 Å². The standard InChI is InChI=1S/C17H16N2O3/c1-11-6-7-13(22-11)8-9-16(20)19-14-5-3-2-4-12(14)10-15(19)17(18)21/h2-9,15H,10H2,1H3,(H2,18,21)/b9-8+/t15-/m0/s1. The third-order valence-corrected chi connectivity index (χ3v) is 3.69. The van der Waals surface area contributed by atoms with E-state index in [9.17, 15) is 9.59 Å². The summed E-state index contributed by atoms with van der Waals surface area (Å²) in [6.07, 6.45) is 3.44. The second kappa shape index (κ2) is 5.52. The first-order valence-electron chi connectivity index (χ1n) is 7.01. The Morgan fingerprint density at radius 1 is 1.27 bits per heavy atom. The van der Waals surface area contributed by atoms with Crippen molar-refractivity contribution in [1.82, 2.24) is 0 Å². The van der Waals surface area contributed by atoms with Gasteiger partial charge in [0.05, 0.1) is 0 Å². The van der Waals surface area contributed by atoms with Crippen LogP contribution in [0.1, 0.15) is 17.1 Å². The van der Waals surface area contributed by atoms with Crippen LogP contribution in [0.15, 0.2) is 46.9 Å². The van der Waals surface area contributed by atoms with Crippen molar-refractivity contribution in [3.8, 4) is 0 Å². The minimum Gasteiger partial charge on any atom is -0.462 e. The van der Waals surface area contributed by atoms with Crippen molar-refractivity contribution in [2.75, 3.05) is 4.90 Å². The summed E-state index contributed by atoms with van der Waals surface area (Å²) in [7, 11) is 0. The Hall–Kier alpha value is -2.82. The third-order valence-electron chi connectivity index (χ3n) is 3.69. The van der Waals surface area contributed by atoms with Gasteiger partial charge in [-0.05, 0) is 36.8 Å². The summed E-state index contributed by atoms with van der Waals surface area (Å²) < 4.78 is 5.39. The molecule has 2 N–H and O–H groups in total. The van der Waals surface area contributed by atoms with E-state index in [1.54, 1.807) is 12.1 Å². The number of primary amides is 1. The Bertz CT molecular complexity index is 761. The number of nitrogens with zero attached hydrogens (tertiary/aromatic N) is 1. The molecule has 2 heterocycles. The van der Waals surface area contributed by atoms with E-state index in [0.29, 0.717) is 12.2 Å². The van der Waals surface area contributed by atoms with E-state index in [1.165, 1.54) is 11.0 Å². The quantitative estimate of drug-likeness (QED) is 0.881. The van der Waals surface area contributed by atoms with Crippen LogP contribution >= 0.6 is 0 Å². The molecule has 0 radical (unpaired) electrons. The highest BCUT2D eigenvalue weighted by Gasteiger charge is 2.36. The number of furan rings is 1. The van der Waals surface area contributed by atoms with Crippen LogP contribution in [0.2, 0.25) is 0 Å². The molecule has 1 aromatic heterocycles. The number of fused-ring (bicyclic) bond motifs is 1. The molecule has 0 aliphatic carbocycles. The molecule has 1 aliphatic heterocycles. The van der Waals surface area contributed by atoms with Gasteiger partial charge >= 0.3 is 0 Å². The molecule has 0 bridgehead atoms. The van der Waals surface area contributed by atoms with Crippen LogP contribution in [-0.2, 0) is 16.0 Å². The monoisotopic (exact) mass is 296 g/mol. The molecule has 0 spiro atoms. The lowest BCUT2D eigenvalue weighted by atomic mass is 10.1. The molecule has 22 heavy (non-hydrogen) atoms. The van der Waals surface area contributed by atoms with Gasteiger partial charge in [0.15, 0.2) is 0 Å². The van der Waals surface area contributed by atoms with E-state index in [0.717, 1.165) is 17.0 Å². The first kappa shape index (κ1) is 14.1. The van der Waals surface area contributed by atoms with Crippen molar-refractivity contribution in [1.29, 1.82) is 0 Å². The van der Waals surface area contributed by atoms with E-state index in [-0.39, 0.29) is 5.91 Å². The molecule has 112 valence electrons. The Labute approximate surface area is 128 Å². The topological polar surface area (TPSA) is 76.5 Å². The van der Waals surface area contributed by atoms with Crippen LogP contribution in [0, 0.1) is 6.92 Å².